The van der Waals surface area contributed by atoms with Crippen LogP contribution in [-0.4, -0.2) is 65.6 Å². The Morgan fingerprint density at radius 2 is 1.69 bits per heavy atom. The van der Waals surface area contributed by atoms with E-state index in [4.69, 9.17) is 13.8 Å². The van der Waals surface area contributed by atoms with Crippen LogP contribution in [0.2, 0.25) is 0 Å². The van der Waals surface area contributed by atoms with Crippen LogP contribution >= 0.6 is 8.53 Å². The Balaban J connectivity index is 2.47. The summed E-state index contributed by atoms with van der Waals surface area (Å²) in [7, 11) is -1.07. The van der Waals surface area contributed by atoms with E-state index in [-0.39, 0.29) is 17.6 Å². The van der Waals surface area contributed by atoms with Crippen LogP contribution in [0.15, 0.2) is 0 Å². The van der Waals surface area contributed by atoms with Crippen molar-refractivity contribution in [2.75, 3.05) is 26.3 Å². The number of hydrogen-bond acceptors (Lipinski definition) is 5. The average Bonchev–Trinajstić information content (AvgIpc) is 2.62. The van der Waals surface area contributed by atoms with Crippen molar-refractivity contribution in [3.8, 4) is 0 Å². The highest BCUT2D eigenvalue weighted by molar-refractivity contribution is 7.44. The monoisotopic (exact) mass is 432 g/mol. The molecule has 0 saturated carbocycles. The second kappa shape index (κ2) is 13.2. The number of piperidine rings is 1. The Morgan fingerprint density at radius 3 is 2.17 bits per heavy atom. The van der Waals surface area contributed by atoms with E-state index < -0.39 is 8.53 Å². The van der Waals surface area contributed by atoms with E-state index in [0.717, 1.165) is 45.4 Å². The van der Waals surface area contributed by atoms with Gasteiger partial charge in [-0.2, -0.15) is 0 Å². The molecule has 0 aromatic rings. The number of likely N-dealkylation sites (tertiary alicyclic amines) is 1. The molecule has 1 amide bonds. The molecule has 0 aromatic heterocycles. The SMILES string of the molecule is CCCOP(OC1CCN(C(=O)CCCOC(C)(C)C)CC1)N(C(C)C)C(C)C. The minimum Gasteiger partial charge on any atom is -0.376 e. The van der Waals surface area contributed by atoms with Crippen molar-refractivity contribution in [3.05, 3.63) is 0 Å². The van der Waals surface area contributed by atoms with Gasteiger partial charge in [0.05, 0.1) is 18.3 Å². The standard InChI is InChI=1S/C22H45N2O4P/c1-9-16-27-29(24(18(2)3)19(4)5)28-20-12-14-23(15-13-20)21(25)11-10-17-26-22(6,7)8/h18-20H,9-17H2,1-8H3. The molecule has 29 heavy (non-hydrogen) atoms. The molecule has 0 N–H and O–H groups in total. The third-order valence-electron chi connectivity index (χ3n) is 4.76. The van der Waals surface area contributed by atoms with Crippen molar-refractivity contribution < 1.29 is 18.6 Å². The highest BCUT2D eigenvalue weighted by Gasteiger charge is 2.32. The lowest BCUT2D eigenvalue weighted by molar-refractivity contribution is -0.133. The van der Waals surface area contributed by atoms with Crippen molar-refractivity contribution in [3.63, 3.8) is 0 Å². The van der Waals surface area contributed by atoms with Crippen LogP contribution in [-0.2, 0) is 18.6 Å². The normalized spacial score (nSPS) is 17.6. The van der Waals surface area contributed by atoms with E-state index in [1.54, 1.807) is 0 Å². The molecule has 1 rings (SSSR count). The van der Waals surface area contributed by atoms with Crippen LogP contribution in [0.4, 0.5) is 0 Å². The molecule has 7 heteroatoms. The van der Waals surface area contributed by atoms with Gasteiger partial charge in [-0.15, -0.1) is 0 Å². The predicted octanol–water partition coefficient (Wildman–Crippen LogP) is 5.36. The first-order valence-electron chi connectivity index (χ1n) is 11.3. The van der Waals surface area contributed by atoms with Gasteiger partial charge in [-0.1, -0.05) is 6.92 Å². The fourth-order valence-corrected chi connectivity index (χ4v) is 5.25. The van der Waals surface area contributed by atoms with Crippen LogP contribution in [0.5, 0.6) is 0 Å². The lowest BCUT2D eigenvalue weighted by Crippen LogP contribution is -2.41. The lowest BCUT2D eigenvalue weighted by atomic mass is 10.1. The number of carbonyl (C=O) groups excluding carboxylic acids is 1. The smallest absolute Gasteiger partial charge is 0.259 e. The lowest BCUT2D eigenvalue weighted by Gasteiger charge is -2.39. The van der Waals surface area contributed by atoms with Gasteiger partial charge < -0.3 is 18.7 Å². The van der Waals surface area contributed by atoms with E-state index in [0.29, 0.717) is 25.1 Å². The maximum Gasteiger partial charge on any atom is 0.259 e. The number of hydrogen-bond donors (Lipinski definition) is 0. The molecular weight excluding hydrogens is 387 g/mol. The van der Waals surface area contributed by atoms with E-state index in [1.807, 2.05) is 25.7 Å². The first kappa shape index (κ1) is 26.8. The Hall–Kier alpha value is -0.260. The van der Waals surface area contributed by atoms with Gasteiger partial charge in [-0.25, -0.2) is 4.67 Å². The van der Waals surface area contributed by atoms with Gasteiger partial charge in [0.2, 0.25) is 5.91 Å². The van der Waals surface area contributed by atoms with E-state index in [9.17, 15) is 4.79 Å². The largest absolute Gasteiger partial charge is 0.376 e. The second-order valence-corrected chi connectivity index (χ2v) is 10.8. The number of nitrogens with zero attached hydrogens (tertiary/aromatic N) is 2. The molecular formula is C22H45N2O4P. The van der Waals surface area contributed by atoms with E-state index in [1.165, 1.54) is 0 Å². The van der Waals surface area contributed by atoms with Crippen molar-refractivity contribution in [1.82, 2.24) is 9.57 Å². The number of carbonyl (C=O) groups is 1. The highest BCUT2D eigenvalue weighted by atomic mass is 31.2. The molecule has 1 heterocycles. The first-order valence-corrected chi connectivity index (χ1v) is 12.5. The second-order valence-electron chi connectivity index (χ2n) is 9.39. The molecule has 0 radical (unpaired) electrons. The molecule has 0 aliphatic carbocycles. The number of amides is 1. The molecule has 1 fully saturated rings. The zero-order valence-electron chi connectivity index (χ0n) is 20.1. The summed E-state index contributed by atoms with van der Waals surface area (Å²) in [4.78, 5) is 14.5. The van der Waals surface area contributed by atoms with Crippen LogP contribution in [0, 0.1) is 0 Å². The maximum absolute atomic E-state index is 12.5. The molecule has 1 atom stereocenters. The van der Waals surface area contributed by atoms with Gasteiger partial charge in [0, 0.05) is 38.2 Å². The van der Waals surface area contributed by atoms with Crippen molar-refractivity contribution in [1.29, 1.82) is 0 Å². The summed E-state index contributed by atoms with van der Waals surface area (Å²) in [5, 5.41) is 0. The van der Waals surface area contributed by atoms with Gasteiger partial charge in [0.25, 0.3) is 8.53 Å². The zero-order valence-corrected chi connectivity index (χ0v) is 21.0. The van der Waals surface area contributed by atoms with E-state index >= 15 is 0 Å². The van der Waals surface area contributed by atoms with Gasteiger partial charge in [-0.05, 0) is 74.1 Å². The Morgan fingerprint density at radius 1 is 1.10 bits per heavy atom. The fourth-order valence-electron chi connectivity index (χ4n) is 3.39. The fraction of sp³-hybridized carbons (Fsp3) is 0.955. The minimum atomic E-state index is -1.07. The van der Waals surface area contributed by atoms with Gasteiger partial charge in [0.15, 0.2) is 0 Å². The zero-order chi connectivity index (χ0) is 22.0. The molecule has 0 bridgehead atoms. The summed E-state index contributed by atoms with van der Waals surface area (Å²) in [5.41, 5.74) is -0.142. The van der Waals surface area contributed by atoms with Crippen molar-refractivity contribution in [2.24, 2.45) is 0 Å². The van der Waals surface area contributed by atoms with E-state index in [2.05, 4.69) is 39.3 Å². The first-order chi connectivity index (χ1) is 13.5. The summed E-state index contributed by atoms with van der Waals surface area (Å²) in [6.45, 7) is 19.9. The molecule has 6 nitrogen and oxygen atoms in total. The van der Waals surface area contributed by atoms with Crippen LogP contribution in [0.25, 0.3) is 0 Å². The molecule has 172 valence electrons. The van der Waals surface area contributed by atoms with Gasteiger partial charge in [-0.3, -0.25) is 4.79 Å². The molecule has 1 unspecified atom stereocenters. The molecule has 1 aliphatic heterocycles. The quantitative estimate of drug-likeness (QED) is 0.307. The summed E-state index contributed by atoms with van der Waals surface area (Å²) in [6.07, 6.45) is 4.23. The molecule has 1 aliphatic rings. The van der Waals surface area contributed by atoms with Crippen LogP contribution < -0.4 is 0 Å². The predicted molar refractivity (Wildman–Crippen MR) is 121 cm³/mol. The van der Waals surface area contributed by atoms with Crippen LogP contribution in [0.1, 0.15) is 87.5 Å². The topological polar surface area (TPSA) is 51.2 Å². The molecule has 0 aromatic carbocycles. The summed E-state index contributed by atoms with van der Waals surface area (Å²) < 4.78 is 20.6. The average molecular weight is 433 g/mol. The highest BCUT2D eigenvalue weighted by Crippen LogP contribution is 2.48. The van der Waals surface area contributed by atoms with Crippen molar-refractivity contribution >= 4 is 14.4 Å². The summed E-state index contributed by atoms with van der Waals surface area (Å²) in [6, 6.07) is 0.741. The Labute approximate surface area is 180 Å². The number of ether oxygens (including phenoxy) is 1. The summed E-state index contributed by atoms with van der Waals surface area (Å²) >= 11 is 0. The van der Waals surface area contributed by atoms with Crippen LogP contribution in [0.3, 0.4) is 0 Å². The molecule has 1 saturated heterocycles. The number of rotatable bonds is 12. The van der Waals surface area contributed by atoms with Crippen molar-refractivity contribution in [2.45, 2.75) is 111 Å². The minimum absolute atomic E-state index is 0.142. The molecule has 0 spiro atoms. The third-order valence-corrected chi connectivity index (χ3v) is 6.94. The third kappa shape index (κ3) is 10.5. The maximum atomic E-state index is 12.5. The summed E-state index contributed by atoms with van der Waals surface area (Å²) in [5.74, 6) is 0.233. The van der Waals surface area contributed by atoms with Gasteiger partial charge in [0.1, 0.15) is 0 Å². The van der Waals surface area contributed by atoms with Gasteiger partial charge >= 0.3 is 0 Å². The Kier molecular flexibility index (Phi) is 12.2. The Bertz CT molecular complexity index is 452.